The molecule has 0 radical (unpaired) electrons. The van der Waals surface area contributed by atoms with E-state index in [2.05, 4.69) is 0 Å². The van der Waals surface area contributed by atoms with E-state index in [1.165, 1.54) is 12.1 Å². The third kappa shape index (κ3) is 3.48. The second kappa shape index (κ2) is 6.22. The molecule has 0 saturated carbocycles. The van der Waals surface area contributed by atoms with Crippen molar-refractivity contribution in [3.63, 3.8) is 0 Å². The monoisotopic (exact) mass is 311 g/mol. The lowest BCUT2D eigenvalue weighted by Gasteiger charge is -2.12. The van der Waals surface area contributed by atoms with Gasteiger partial charge < -0.3 is 5.11 Å². The summed E-state index contributed by atoms with van der Waals surface area (Å²) in [6.45, 7) is 0. The molecule has 0 bridgehead atoms. The zero-order chi connectivity index (χ0) is 14.7. The van der Waals surface area contributed by atoms with Crippen molar-refractivity contribution >= 4 is 28.9 Å². The van der Waals surface area contributed by atoms with Gasteiger partial charge in [0.15, 0.2) is 0 Å². The van der Waals surface area contributed by atoms with Gasteiger partial charge in [0.1, 0.15) is 0 Å². The molecule has 0 amide bonds. The number of aliphatic hydroxyl groups excluding tert-OH is 1. The average molecular weight is 312 g/mol. The molecule has 0 fully saturated rings. The highest BCUT2D eigenvalue weighted by Crippen LogP contribution is 2.27. The summed E-state index contributed by atoms with van der Waals surface area (Å²) < 4.78 is 0. The third-order valence-corrected chi connectivity index (χ3v) is 3.64. The van der Waals surface area contributed by atoms with E-state index < -0.39 is 11.0 Å². The summed E-state index contributed by atoms with van der Waals surface area (Å²) in [7, 11) is 0. The van der Waals surface area contributed by atoms with Crippen LogP contribution in [0, 0.1) is 10.1 Å². The highest BCUT2D eigenvalue weighted by atomic mass is 35.5. The Morgan fingerprint density at radius 1 is 1.10 bits per heavy atom. The molecule has 0 heterocycles. The van der Waals surface area contributed by atoms with Gasteiger partial charge in [-0.3, -0.25) is 10.1 Å². The van der Waals surface area contributed by atoms with Crippen LogP contribution in [0.25, 0.3) is 0 Å². The molecule has 0 aromatic heterocycles. The zero-order valence-corrected chi connectivity index (χ0v) is 11.8. The first-order valence-electron chi connectivity index (χ1n) is 5.83. The molecule has 2 rings (SSSR count). The van der Waals surface area contributed by atoms with Crippen molar-refractivity contribution in [2.45, 2.75) is 12.5 Å². The van der Waals surface area contributed by atoms with Crippen molar-refractivity contribution in [1.82, 2.24) is 0 Å². The lowest BCUT2D eigenvalue weighted by molar-refractivity contribution is -0.384. The van der Waals surface area contributed by atoms with Crippen LogP contribution in [0.15, 0.2) is 42.5 Å². The third-order valence-electron chi connectivity index (χ3n) is 2.90. The molecular weight excluding hydrogens is 301 g/mol. The highest BCUT2D eigenvalue weighted by Gasteiger charge is 2.11. The van der Waals surface area contributed by atoms with Crippen LogP contribution < -0.4 is 0 Å². The molecule has 0 spiro atoms. The maximum Gasteiger partial charge on any atom is 0.269 e. The quantitative estimate of drug-likeness (QED) is 0.680. The van der Waals surface area contributed by atoms with E-state index in [9.17, 15) is 15.2 Å². The normalized spacial score (nSPS) is 12.2. The molecule has 20 heavy (non-hydrogen) atoms. The number of aliphatic hydroxyl groups is 1. The highest BCUT2D eigenvalue weighted by molar-refractivity contribution is 6.42. The number of halogens is 2. The Bertz CT molecular complexity index is 629. The molecule has 2 aromatic rings. The molecule has 1 unspecified atom stereocenters. The zero-order valence-electron chi connectivity index (χ0n) is 10.3. The Hall–Kier alpha value is -1.62. The van der Waals surface area contributed by atoms with Crippen molar-refractivity contribution in [3.8, 4) is 0 Å². The summed E-state index contributed by atoms with van der Waals surface area (Å²) in [4.78, 5) is 10.1. The number of hydrogen-bond acceptors (Lipinski definition) is 3. The molecule has 104 valence electrons. The van der Waals surface area contributed by atoms with Crippen molar-refractivity contribution < 1.29 is 10.0 Å². The van der Waals surface area contributed by atoms with Crippen LogP contribution in [0.4, 0.5) is 5.69 Å². The first kappa shape index (κ1) is 14.8. The van der Waals surface area contributed by atoms with Gasteiger partial charge in [0.2, 0.25) is 0 Å². The van der Waals surface area contributed by atoms with E-state index in [1.54, 1.807) is 30.3 Å². The summed E-state index contributed by atoms with van der Waals surface area (Å²) in [6.07, 6.45) is -0.401. The van der Waals surface area contributed by atoms with Gasteiger partial charge >= 0.3 is 0 Å². The second-order valence-electron chi connectivity index (χ2n) is 4.32. The summed E-state index contributed by atoms with van der Waals surface area (Å²) >= 11 is 11.7. The van der Waals surface area contributed by atoms with Crippen LogP contribution in [-0.2, 0) is 6.42 Å². The fourth-order valence-electron chi connectivity index (χ4n) is 1.81. The Morgan fingerprint density at radius 2 is 1.75 bits per heavy atom. The molecular formula is C14H11Cl2NO3. The Kier molecular flexibility index (Phi) is 4.60. The molecule has 0 aliphatic rings. The van der Waals surface area contributed by atoms with E-state index in [1.807, 2.05) is 0 Å². The number of nitro groups is 1. The van der Waals surface area contributed by atoms with Gasteiger partial charge in [-0.1, -0.05) is 41.4 Å². The van der Waals surface area contributed by atoms with Gasteiger partial charge in [0, 0.05) is 18.6 Å². The largest absolute Gasteiger partial charge is 0.388 e. The molecule has 0 aliphatic heterocycles. The topological polar surface area (TPSA) is 63.4 Å². The Balaban J connectivity index is 2.12. The van der Waals surface area contributed by atoms with Gasteiger partial charge in [0.25, 0.3) is 5.69 Å². The summed E-state index contributed by atoms with van der Waals surface area (Å²) in [6, 6.07) is 11.0. The molecule has 1 N–H and O–H groups in total. The minimum Gasteiger partial charge on any atom is -0.388 e. The van der Waals surface area contributed by atoms with Crippen molar-refractivity contribution in [3.05, 3.63) is 73.8 Å². The number of nitro benzene ring substituents is 1. The minimum absolute atomic E-state index is 0.0257. The number of nitrogens with zero attached hydrogens (tertiary/aromatic N) is 1. The maximum atomic E-state index is 10.6. The van der Waals surface area contributed by atoms with Crippen LogP contribution in [-0.4, -0.2) is 10.0 Å². The lowest BCUT2D eigenvalue weighted by atomic mass is 10.0. The van der Waals surface area contributed by atoms with Gasteiger partial charge in [0.05, 0.1) is 21.1 Å². The van der Waals surface area contributed by atoms with E-state index in [-0.39, 0.29) is 5.69 Å². The SMILES string of the molecule is O=[N+]([O-])c1ccc(CC(O)c2ccc(Cl)c(Cl)c2)cc1. The maximum absolute atomic E-state index is 10.6. The summed E-state index contributed by atoms with van der Waals surface area (Å²) in [5, 5.41) is 21.5. The van der Waals surface area contributed by atoms with E-state index in [0.29, 0.717) is 22.0 Å². The minimum atomic E-state index is -0.744. The molecule has 4 nitrogen and oxygen atoms in total. The lowest BCUT2D eigenvalue weighted by Crippen LogP contribution is -2.02. The number of hydrogen-bond donors (Lipinski definition) is 1. The van der Waals surface area contributed by atoms with Gasteiger partial charge in [-0.05, 0) is 23.3 Å². The van der Waals surface area contributed by atoms with Crippen LogP contribution in [0.5, 0.6) is 0 Å². The smallest absolute Gasteiger partial charge is 0.269 e. The first-order chi connectivity index (χ1) is 9.47. The number of benzene rings is 2. The standard InChI is InChI=1S/C14H11Cl2NO3/c15-12-6-3-10(8-13(12)16)14(18)7-9-1-4-11(5-2-9)17(19)20/h1-6,8,14,18H,7H2. The van der Waals surface area contributed by atoms with E-state index in [0.717, 1.165) is 5.56 Å². The van der Waals surface area contributed by atoms with Crippen molar-refractivity contribution in [1.29, 1.82) is 0 Å². The van der Waals surface area contributed by atoms with Gasteiger partial charge in [-0.25, -0.2) is 0 Å². The Morgan fingerprint density at radius 3 is 2.30 bits per heavy atom. The number of rotatable bonds is 4. The van der Waals surface area contributed by atoms with Crippen LogP contribution >= 0.6 is 23.2 Å². The predicted octanol–water partition coefficient (Wildman–Crippen LogP) is 4.18. The molecule has 2 aromatic carbocycles. The predicted molar refractivity (Wildman–Crippen MR) is 78.2 cm³/mol. The molecule has 0 aliphatic carbocycles. The van der Waals surface area contributed by atoms with Crippen molar-refractivity contribution in [2.75, 3.05) is 0 Å². The fraction of sp³-hybridized carbons (Fsp3) is 0.143. The molecule has 1 atom stereocenters. The first-order valence-corrected chi connectivity index (χ1v) is 6.59. The summed E-state index contributed by atoms with van der Waals surface area (Å²) in [5.41, 5.74) is 1.48. The van der Waals surface area contributed by atoms with Crippen LogP contribution in [0.1, 0.15) is 17.2 Å². The average Bonchev–Trinajstić information content (AvgIpc) is 2.42. The fourth-order valence-corrected chi connectivity index (χ4v) is 2.12. The van der Waals surface area contributed by atoms with E-state index in [4.69, 9.17) is 23.2 Å². The number of non-ortho nitro benzene ring substituents is 1. The van der Waals surface area contributed by atoms with Gasteiger partial charge in [-0.15, -0.1) is 0 Å². The van der Waals surface area contributed by atoms with Gasteiger partial charge in [-0.2, -0.15) is 0 Å². The van der Waals surface area contributed by atoms with E-state index >= 15 is 0 Å². The summed E-state index contributed by atoms with van der Waals surface area (Å²) in [5.74, 6) is 0. The van der Waals surface area contributed by atoms with Crippen LogP contribution in [0.2, 0.25) is 10.0 Å². The molecule has 0 saturated heterocycles. The van der Waals surface area contributed by atoms with Crippen molar-refractivity contribution in [2.24, 2.45) is 0 Å². The molecule has 6 heteroatoms. The van der Waals surface area contributed by atoms with Crippen LogP contribution in [0.3, 0.4) is 0 Å². The second-order valence-corrected chi connectivity index (χ2v) is 5.13. The Labute approximate surface area is 125 Å².